The van der Waals surface area contributed by atoms with Gasteiger partial charge >= 0.3 is 0 Å². The summed E-state index contributed by atoms with van der Waals surface area (Å²) >= 11 is 0. The van der Waals surface area contributed by atoms with Gasteiger partial charge in [0.1, 0.15) is 11.5 Å². The maximum Gasteiger partial charge on any atom is 0.260 e. The Labute approximate surface area is 120 Å². The van der Waals surface area contributed by atoms with Gasteiger partial charge in [-0.1, -0.05) is 6.07 Å². The lowest BCUT2D eigenvalue weighted by Crippen LogP contribution is -2.34. The maximum absolute atomic E-state index is 11.9. The number of amides is 1. The van der Waals surface area contributed by atoms with Crippen molar-refractivity contribution in [3.05, 3.63) is 23.8 Å². The van der Waals surface area contributed by atoms with Crippen molar-refractivity contribution in [1.82, 2.24) is 4.90 Å². The first-order chi connectivity index (χ1) is 9.65. The highest BCUT2D eigenvalue weighted by atomic mass is 16.5. The zero-order valence-electron chi connectivity index (χ0n) is 12.5. The summed E-state index contributed by atoms with van der Waals surface area (Å²) in [6, 6.07) is 5.58. The van der Waals surface area contributed by atoms with Crippen LogP contribution in [0, 0.1) is 0 Å². The van der Waals surface area contributed by atoms with E-state index >= 15 is 0 Å². The molecule has 1 aromatic carbocycles. The van der Waals surface area contributed by atoms with Crippen molar-refractivity contribution in [1.29, 1.82) is 0 Å². The number of rotatable bonds is 8. The molecule has 0 saturated heterocycles. The van der Waals surface area contributed by atoms with Gasteiger partial charge in [0.25, 0.3) is 5.91 Å². The summed E-state index contributed by atoms with van der Waals surface area (Å²) in [5.74, 6) is 1.35. The highest BCUT2D eigenvalue weighted by molar-refractivity contribution is 5.77. The van der Waals surface area contributed by atoms with Gasteiger partial charge in [0.2, 0.25) is 0 Å². The van der Waals surface area contributed by atoms with Crippen molar-refractivity contribution in [2.24, 2.45) is 5.73 Å². The number of hydrogen-bond donors (Lipinski definition) is 1. The number of nitrogens with two attached hydrogens (primary N) is 1. The number of carbonyl (C=O) groups excluding carboxylic acids is 1. The van der Waals surface area contributed by atoms with Crippen LogP contribution in [-0.4, -0.2) is 44.2 Å². The van der Waals surface area contributed by atoms with Crippen LogP contribution in [0.3, 0.4) is 0 Å². The minimum Gasteiger partial charge on any atom is -0.497 e. The first kappa shape index (κ1) is 16.3. The van der Waals surface area contributed by atoms with E-state index in [9.17, 15) is 4.79 Å². The molecule has 0 unspecified atom stereocenters. The molecule has 0 atom stereocenters. The smallest absolute Gasteiger partial charge is 0.260 e. The average Bonchev–Trinajstić information content (AvgIpc) is 2.47. The van der Waals surface area contributed by atoms with Gasteiger partial charge in [-0.3, -0.25) is 4.79 Å². The third kappa shape index (κ3) is 4.42. The molecule has 0 spiro atoms. The monoisotopic (exact) mass is 280 g/mol. The van der Waals surface area contributed by atoms with Gasteiger partial charge in [-0.25, -0.2) is 0 Å². The topological polar surface area (TPSA) is 64.8 Å². The predicted molar refractivity (Wildman–Crippen MR) is 79.2 cm³/mol. The number of benzene rings is 1. The summed E-state index contributed by atoms with van der Waals surface area (Å²) in [5.41, 5.74) is 6.57. The van der Waals surface area contributed by atoms with Crippen molar-refractivity contribution < 1.29 is 14.3 Å². The Morgan fingerprint density at radius 3 is 2.55 bits per heavy atom. The van der Waals surface area contributed by atoms with E-state index in [4.69, 9.17) is 15.2 Å². The van der Waals surface area contributed by atoms with Crippen LogP contribution >= 0.6 is 0 Å². The minimum absolute atomic E-state index is 0.0171. The first-order valence-corrected chi connectivity index (χ1v) is 6.93. The second kappa shape index (κ2) is 8.43. The highest BCUT2D eigenvalue weighted by Gasteiger charge is 2.12. The molecule has 0 aromatic heterocycles. The molecule has 2 N–H and O–H groups in total. The van der Waals surface area contributed by atoms with Gasteiger partial charge in [-0.15, -0.1) is 0 Å². The molecule has 0 bridgehead atoms. The van der Waals surface area contributed by atoms with Crippen LogP contribution < -0.4 is 15.2 Å². The maximum atomic E-state index is 11.9. The summed E-state index contributed by atoms with van der Waals surface area (Å²) < 4.78 is 10.8. The molecular weight excluding hydrogens is 256 g/mol. The summed E-state index contributed by atoms with van der Waals surface area (Å²) in [5, 5.41) is 0. The molecule has 0 saturated carbocycles. The second-order valence-electron chi connectivity index (χ2n) is 4.37. The fourth-order valence-corrected chi connectivity index (χ4v) is 1.97. The lowest BCUT2D eigenvalue weighted by molar-refractivity contribution is -0.132. The molecule has 0 aliphatic rings. The van der Waals surface area contributed by atoms with Crippen molar-refractivity contribution in [2.45, 2.75) is 20.3 Å². The number of likely N-dealkylation sites (N-methyl/N-ethyl adjacent to an activating group) is 1. The summed E-state index contributed by atoms with van der Waals surface area (Å²) in [6.45, 7) is 5.84. The van der Waals surface area contributed by atoms with Crippen LogP contribution in [0.5, 0.6) is 11.5 Å². The molecule has 20 heavy (non-hydrogen) atoms. The minimum atomic E-state index is -0.0171. The number of ether oxygens (including phenoxy) is 2. The Bertz CT molecular complexity index is 431. The Morgan fingerprint density at radius 2 is 2.00 bits per heavy atom. The molecule has 5 nitrogen and oxygen atoms in total. The van der Waals surface area contributed by atoms with E-state index in [0.717, 1.165) is 5.56 Å². The van der Waals surface area contributed by atoms with E-state index in [1.54, 1.807) is 18.1 Å². The number of nitrogens with zero attached hydrogens (tertiary/aromatic N) is 1. The normalized spacial score (nSPS) is 10.2. The van der Waals surface area contributed by atoms with Gasteiger partial charge in [0.15, 0.2) is 6.61 Å². The lowest BCUT2D eigenvalue weighted by Gasteiger charge is -2.19. The first-order valence-electron chi connectivity index (χ1n) is 6.93. The van der Waals surface area contributed by atoms with Crippen molar-refractivity contribution >= 4 is 5.91 Å². The molecule has 5 heteroatoms. The third-order valence-electron chi connectivity index (χ3n) is 3.16. The van der Waals surface area contributed by atoms with Crippen LogP contribution in [-0.2, 0) is 11.2 Å². The zero-order valence-corrected chi connectivity index (χ0v) is 12.5. The van der Waals surface area contributed by atoms with E-state index in [1.807, 2.05) is 26.0 Å². The van der Waals surface area contributed by atoms with E-state index < -0.39 is 0 Å². The highest BCUT2D eigenvalue weighted by Crippen LogP contribution is 2.25. The molecule has 0 heterocycles. The molecule has 0 aliphatic heterocycles. The molecule has 0 aliphatic carbocycles. The molecule has 1 aromatic rings. The molecule has 0 fully saturated rings. The number of hydrogen-bond acceptors (Lipinski definition) is 4. The number of methoxy groups -OCH3 is 1. The van der Waals surface area contributed by atoms with Crippen LogP contribution in [0.25, 0.3) is 0 Å². The van der Waals surface area contributed by atoms with Crippen LogP contribution in [0.1, 0.15) is 19.4 Å². The molecule has 0 radical (unpaired) electrons. The quantitative estimate of drug-likeness (QED) is 0.782. The standard InChI is InChI=1S/C15H24N2O3/c1-4-17(5-2)15(18)11-20-14-10-13(19-3)7-6-12(14)8-9-16/h6-7,10H,4-5,8-9,11,16H2,1-3H3. The van der Waals surface area contributed by atoms with Crippen molar-refractivity contribution in [3.63, 3.8) is 0 Å². The summed E-state index contributed by atoms with van der Waals surface area (Å²) in [4.78, 5) is 13.7. The van der Waals surface area contributed by atoms with Crippen LogP contribution in [0.4, 0.5) is 0 Å². The molecule has 1 rings (SSSR count). The third-order valence-corrected chi connectivity index (χ3v) is 3.16. The van der Waals surface area contributed by atoms with E-state index in [2.05, 4.69) is 0 Å². The van der Waals surface area contributed by atoms with Crippen molar-refractivity contribution in [2.75, 3.05) is 33.4 Å². The van der Waals surface area contributed by atoms with Gasteiger partial charge in [0.05, 0.1) is 7.11 Å². The van der Waals surface area contributed by atoms with Crippen molar-refractivity contribution in [3.8, 4) is 11.5 Å². The Hall–Kier alpha value is -1.75. The van der Waals surface area contributed by atoms with Gasteiger partial charge in [-0.05, 0) is 38.4 Å². The van der Waals surface area contributed by atoms with Gasteiger partial charge in [-0.2, -0.15) is 0 Å². The van der Waals surface area contributed by atoms with Crippen LogP contribution in [0.15, 0.2) is 18.2 Å². The predicted octanol–water partition coefficient (Wildman–Crippen LogP) is 1.44. The van der Waals surface area contributed by atoms with Gasteiger partial charge in [0, 0.05) is 19.2 Å². The summed E-state index contributed by atoms with van der Waals surface area (Å²) in [7, 11) is 1.60. The SMILES string of the molecule is CCN(CC)C(=O)COc1cc(OC)ccc1CCN. The van der Waals surface area contributed by atoms with Crippen LogP contribution in [0.2, 0.25) is 0 Å². The number of carbonyl (C=O) groups is 1. The van der Waals surface area contributed by atoms with E-state index in [-0.39, 0.29) is 12.5 Å². The average molecular weight is 280 g/mol. The fourth-order valence-electron chi connectivity index (χ4n) is 1.97. The Balaban J connectivity index is 2.76. The van der Waals surface area contributed by atoms with E-state index in [0.29, 0.717) is 37.6 Å². The molecular formula is C15H24N2O3. The van der Waals surface area contributed by atoms with E-state index in [1.165, 1.54) is 0 Å². The Kier molecular flexibility index (Phi) is 6.87. The van der Waals surface area contributed by atoms with Gasteiger partial charge < -0.3 is 20.1 Å². The summed E-state index contributed by atoms with van der Waals surface area (Å²) in [6.07, 6.45) is 0.707. The molecule has 1 amide bonds. The second-order valence-corrected chi connectivity index (χ2v) is 4.37. The fraction of sp³-hybridized carbons (Fsp3) is 0.533. The zero-order chi connectivity index (χ0) is 15.0. The lowest BCUT2D eigenvalue weighted by atomic mass is 10.1. The largest absolute Gasteiger partial charge is 0.497 e. The Morgan fingerprint density at radius 1 is 1.30 bits per heavy atom. The molecule has 112 valence electrons.